The molecular formula is C15H20O2. The molecule has 0 bridgehead atoms. The molecule has 1 aliphatic carbocycles. The van der Waals surface area contributed by atoms with Crippen molar-refractivity contribution in [1.82, 2.24) is 0 Å². The van der Waals surface area contributed by atoms with Crippen LogP contribution in [0.5, 0.6) is 5.75 Å². The molecule has 1 aromatic rings. The van der Waals surface area contributed by atoms with Gasteiger partial charge in [0.2, 0.25) is 0 Å². The van der Waals surface area contributed by atoms with Gasteiger partial charge in [-0.3, -0.25) is 0 Å². The van der Waals surface area contributed by atoms with Gasteiger partial charge in [0, 0.05) is 5.92 Å². The fourth-order valence-electron chi connectivity index (χ4n) is 2.31. The summed E-state index contributed by atoms with van der Waals surface area (Å²) in [6.45, 7) is 0. The SMILES string of the molecule is COc1ccc(/C=C/[C@H]2CCCC[C@@H]2O)cc1. The number of benzene rings is 1. The zero-order valence-corrected chi connectivity index (χ0v) is 10.3. The summed E-state index contributed by atoms with van der Waals surface area (Å²) in [7, 11) is 1.67. The molecule has 92 valence electrons. The second kappa shape index (κ2) is 5.87. The highest BCUT2D eigenvalue weighted by molar-refractivity contribution is 5.50. The van der Waals surface area contributed by atoms with Crippen LogP contribution in [0.3, 0.4) is 0 Å². The Balaban J connectivity index is 1.98. The van der Waals surface area contributed by atoms with Gasteiger partial charge in [-0.05, 0) is 30.5 Å². The van der Waals surface area contributed by atoms with E-state index in [-0.39, 0.29) is 6.10 Å². The van der Waals surface area contributed by atoms with E-state index >= 15 is 0 Å². The van der Waals surface area contributed by atoms with Crippen molar-refractivity contribution in [2.45, 2.75) is 31.8 Å². The number of ether oxygens (including phenoxy) is 1. The standard InChI is InChI=1S/C15H20O2/c1-17-14-10-7-12(8-11-14)6-9-13-4-2-3-5-15(13)16/h6-11,13,15-16H,2-5H2,1H3/b9-6+/t13-,15+/m1/s1. The predicted octanol–water partition coefficient (Wildman–Crippen LogP) is 3.26. The van der Waals surface area contributed by atoms with Crippen molar-refractivity contribution in [3.05, 3.63) is 35.9 Å². The first-order valence-corrected chi connectivity index (χ1v) is 6.30. The second-order valence-corrected chi connectivity index (χ2v) is 4.65. The van der Waals surface area contributed by atoms with E-state index in [1.54, 1.807) is 7.11 Å². The number of aliphatic hydroxyl groups excluding tert-OH is 1. The highest BCUT2D eigenvalue weighted by Crippen LogP contribution is 2.26. The molecule has 2 nitrogen and oxygen atoms in total. The molecule has 1 N–H and O–H groups in total. The molecule has 0 heterocycles. The summed E-state index contributed by atoms with van der Waals surface area (Å²) in [4.78, 5) is 0. The molecule has 1 fully saturated rings. The summed E-state index contributed by atoms with van der Waals surface area (Å²) in [5.74, 6) is 1.20. The highest BCUT2D eigenvalue weighted by atomic mass is 16.5. The van der Waals surface area contributed by atoms with Gasteiger partial charge in [-0.25, -0.2) is 0 Å². The normalized spacial score (nSPS) is 25.1. The van der Waals surface area contributed by atoms with E-state index in [1.165, 1.54) is 6.42 Å². The van der Waals surface area contributed by atoms with E-state index in [2.05, 4.69) is 12.2 Å². The number of methoxy groups -OCH3 is 1. The lowest BCUT2D eigenvalue weighted by atomic mass is 9.86. The van der Waals surface area contributed by atoms with Crippen molar-refractivity contribution in [2.75, 3.05) is 7.11 Å². The quantitative estimate of drug-likeness (QED) is 0.866. The van der Waals surface area contributed by atoms with Gasteiger partial charge in [0.15, 0.2) is 0 Å². The molecule has 0 radical (unpaired) electrons. The summed E-state index contributed by atoms with van der Waals surface area (Å²) in [6.07, 6.45) is 8.52. The van der Waals surface area contributed by atoms with E-state index in [9.17, 15) is 5.11 Å². The lowest BCUT2D eigenvalue weighted by Crippen LogP contribution is -2.22. The summed E-state index contributed by atoms with van der Waals surface area (Å²) in [5, 5.41) is 9.86. The minimum Gasteiger partial charge on any atom is -0.497 e. The van der Waals surface area contributed by atoms with Crippen LogP contribution in [0.15, 0.2) is 30.3 Å². The molecule has 0 saturated heterocycles. The lowest BCUT2D eigenvalue weighted by Gasteiger charge is -2.24. The summed E-state index contributed by atoms with van der Waals surface area (Å²) in [5.41, 5.74) is 1.16. The number of aliphatic hydroxyl groups is 1. The maximum atomic E-state index is 9.86. The molecule has 0 spiro atoms. The molecule has 1 aliphatic rings. The molecular weight excluding hydrogens is 212 g/mol. The van der Waals surface area contributed by atoms with Gasteiger partial charge in [-0.15, -0.1) is 0 Å². The van der Waals surface area contributed by atoms with Crippen molar-refractivity contribution >= 4 is 6.08 Å². The van der Waals surface area contributed by atoms with Gasteiger partial charge >= 0.3 is 0 Å². The van der Waals surface area contributed by atoms with Crippen molar-refractivity contribution in [3.63, 3.8) is 0 Å². The topological polar surface area (TPSA) is 29.5 Å². The Morgan fingerprint density at radius 3 is 2.53 bits per heavy atom. The fourth-order valence-corrected chi connectivity index (χ4v) is 2.31. The molecule has 2 heteroatoms. The highest BCUT2D eigenvalue weighted by Gasteiger charge is 2.19. The maximum absolute atomic E-state index is 9.86. The van der Waals surface area contributed by atoms with Gasteiger partial charge in [-0.2, -0.15) is 0 Å². The first kappa shape index (κ1) is 12.2. The molecule has 2 rings (SSSR count). The summed E-state index contributed by atoms with van der Waals surface area (Å²) < 4.78 is 5.12. The number of hydrogen-bond donors (Lipinski definition) is 1. The Bertz CT molecular complexity index is 367. The lowest BCUT2D eigenvalue weighted by molar-refractivity contribution is 0.0931. The zero-order valence-electron chi connectivity index (χ0n) is 10.3. The molecule has 0 amide bonds. The average Bonchev–Trinajstić information content (AvgIpc) is 2.38. The number of rotatable bonds is 3. The first-order valence-electron chi connectivity index (χ1n) is 6.30. The fraction of sp³-hybridized carbons (Fsp3) is 0.467. The maximum Gasteiger partial charge on any atom is 0.118 e. The minimum absolute atomic E-state index is 0.154. The van der Waals surface area contributed by atoms with Crippen LogP contribution in [0.2, 0.25) is 0 Å². The van der Waals surface area contributed by atoms with Gasteiger partial charge in [0.1, 0.15) is 5.75 Å². The van der Waals surface area contributed by atoms with Crippen LogP contribution in [-0.4, -0.2) is 18.3 Å². The van der Waals surface area contributed by atoms with Crippen LogP contribution in [0.25, 0.3) is 6.08 Å². The average molecular weight is 232 g/mol. The summed E-state index contributed by atoms with van der Waals surface area (Å²) in [6, 6.07) is 7.98. The summed E-state index contributed by atoms with van der Waals surface area (Å²) >= 11 is 0. The Hall–Kier alpha value is -1.28. The molecule has 17 heavy (non-hydrogen) atoms. The van der Waals surface area contributed by atoms with Gasteiger partial charge in [0.25, 0.3) is 0 Å². The zero-order chi connectivity index (χ0) is 12.1. The first-order chi connectivity index (χ1) is 8.29. The van der Waals surface area contributed by atoms with Gasteiger partial charge in [-0.1, -0.05) is 37.1 Å². The molecule has 2 atom stereocenters. The van der Waals surface area contributed by atoms with Gasteiger partial charge in [0.05, 0.1) is 13.2 Å². The van der Waals surface area contributed by atoms with Crippen molar-refractivity contribution < 1.29 is 9.84 Å². The van der Waals surface area contributed by atoms with Crippen LogP contribution in [0.1, 0.15) is 31.2 Å². The Labute approximate surface area is 103 Å². The van der Waals surface area contributed by atoms with Crippen LogP contribution in [-0.2, 0) is 0 Å². The van der Waals surface area contributed by atoms with Crippen LogP contribution in [0.4, 0.5) is 0 Å². The van der Waals surface area contributed by atoms with Crippen molar-refractivity contribution in [3.8, 4) is 5.75 Å². The third kappa shape index (κ3) is 3.34. The molecule has 1 saturated carbocycles. The predicted molar refractivity (Wildman–Crippen MR) is 70.0 cm³/mol. The van der Waals surface area contributed by atoms with Crippen molar-refractivity contribution in [1.29, 1.82) is 0 Å². The minimum atomic E-state index is -0.154. The van der Waals surface area contributed by atoms with E-state index in [0.717, 1.165) is 30.6 Å². The largest absolute Gasteiger partial charge is 0.497 e. The van der Waals surface area contributed by atoms with E-state index in [1.807, 2.05) is 24.3 Å². The third-order valence-corrected chi connectivity index (χ3v) is 3.43. The number of hydrogen-bond acceptors (Lipinski definition) is 2. The molecule has 1 aromatic carbocycles. The Morgan fingerprint density at radius 2 is 1.88 bits per heavy atom. The van der Waals surface area contributed by atoms with Crippen LogP contribution in [0, 0.1) is 5.92 Å². The Kier molecular flexibility index (Phi) is 4.21. The molecule has 0 aromatic heterocycles. The van der Waals surface area contributed by atoms with E-state index in [0.29, 0.717) is 5.92 Å². The molecule has 0 aliphatic heterocycles. The third-order valence-electron chi connectivity index (χ3n) is 3.43. The second-order valence-electron chi connectivity index (χ2n) is 4.65. The van der Waals surface area contributed by atoms with Crippen molar-refractivity contribution in [2.24, 2.45) is 5.92 Å². The van der Waals surface area contributed by atoms with E-state index in [4.69, 9.17) is 4.74 Å². The van der Waals surface area contributed by atoms with Gasteiger partial charge < -0.3 is 9.84 Å². The molecule has 0 unspecified atom stereocenters. The monoisotopic (exact) mass is 232 g/mol. The van der Waals surface area contributed by atoms with Crippen LogP contribution >= 0.6 is 0 Å². The van der Waals surface area contributed by atoms with E-state index < -0.39 is 0 Å². The Morgan fingerprint density at radius 1 is 1.18 bits per heavy atom. The smallest absolute Gasteiger partial charge is 0.118 e. The van der Waals surface area contributed by atoms with Crippen LogP contribution < -0.4 is 4.74 Å².